The number of nitrogens with two attached hydrogens (primary N) is 1. The van der Waals surface area contributed by atoms with Crippen LogP contribution >= 0.6 is 0 Å². The quantitative estimate of drug-likeness (QED) is 0.427. The van der Waals surface area contributed by atoms with Gasteiger partial charge in [-0.05, 0) is 19.8 Å². The van der Waals surface area contributed by atoms with Crippen LogP contribution in [0.3, 0.4) is 0 Å². The van der Waals surface area contributed by atoms with Crippen LogP contribution in [0.25, 0.3) is 0 Å². The number of hydrogen-bond donors (Lipinski definition) is 4. The SMILES string of the molecule is CCC(N)NC(CC)NC(C)O. The van der Waals surface area contributed by atoms with E-state index in [1.807, 2.05) is 13.8 Å². The predicted molar refractivity (Wildman–Crippen MR) is 50.3 cm³/mol. The Kier molecular flexibility index (Phi) is 6.28. The first-order chi connectivity index (χ1) is 5.60. The highest BCUT2D eigenvalue weighted by atomic mass is 16.3. The Labute approximate surface area is 74.5 Å². The van der Waals surface area contributed by atoms with Gasteiger partial charge in [-0.15, -0.1) is 0 Å². The van der Waals surface area contributed by atoms with Crippen LogP contribution in [0.1, 0.15) is 33.6 Å². The van der Waals surface area contributed by atoms with Gasteiger partial charge in [0.25, 0.3) is 0 Å². The van der Waals surface area contributed by atoms with Gasteiger partial charge in [0.2, 0.25) is 0 Å². The molecular formula is C8H21N3O. The Morgan fingerprint density at radius 2 is 1.83 bits per heavy atom. The van der Waals surface area contributed by atoms with Gasteiger partial charge >= 0.3 is 0 Å². The van der Waals surface area contributed by atoms with Gasteiger partial charge in [0.1, 0.15) is 6.23 Å². The van der Waals surface area contributed by atoms with Crippen LogP contribution < -0.4 is 16.4 Å². The summed E-state index contributed by atoms with van der Waals surface area (Å²) in [7, 11) is 0. The van der Waals surface area contributed by atoms with Crippen LogP contribution in [-0.2, 0) is 0 Å². The fourth-order valence-corrected chi connectivity index (χ4v) is 0.951. The van der Waals surface area contributed by atoms with Crippen LogP contribution in [0, 0.1) is 0 Å². The van der Waals surface area contributed by atoms with E-state index >= 15 is 0 Å². The number of aliphatic hydroxyl groups is 1. The monoisotopic (exact) mass is 175 g/mol. The zero-order valence-electron chi connectivity index (χ0n) is 8.17. The van der Waals surface area contributed by atoms with Crippen molar-refractivity contribution >= 4 is 0 Å². The average Bonchev–Trinajstić information content (AvgIpc) is 2.02. The van der Waals surface area contributed by atoms with E-state index in [2.05, 4.69) is 10.6 Å². The molecule has 3 unspecified atom stereocenters. The van der Waals surface area contributed by atoms with Crippen molar-refractivity contribution in [2.75, 3.05) is 0 Å². The van der Waals surface area contributed by atoms with E-state index in [-0.39, 0.29) is 12.3 Å². The predicted octanol–water partition coefficient (Wildman–Crippen LogP) is -0.0652. The minimum absolute atomic E-state index is 0.00111. The summed E-state index contributed by atoms with van der Waals surface area (Å²) in [4.78, 5) is 0. The summed E-state index contributed by atoms with van der Waals surface area (Å²) in [6.45, 7) is 5.75. The Hall–Kier alpha value is -0.160. The van der Waals surface area contributed by atoms with E-state index < -0.39 is 6.23 Å². The number of nitrogens with one attached hydrogen (secondary N) is 2. The second-order valence-electron chi connectivity index (χ2n) is 2.98. The molecule has 0 aromatic heterocycles. The molecule has 12 heavy (non-hydrogen) atoms. The molecule has 0 aromatic carbocycles. The van der Waals surface area contributed by atoms with Crippen LogP contribution in [0.5, 0.6) is 0 Å². The van der Waals surface area contributed by atoms with E-state index in [1.165, 1.54) is 0 Å². The highest BCUT2D eigenvalue weighted by Crippen LogP contribution is 1.90. The molecule has 0 saturated carbocycles. The fraction of sp³-hybridized carbons (Fsp3) is 1.00. The summed E-state index contributed by atoms with van der Waals surface area (Å²) >= 11 is 0. The first-order valence-electron chi connectivity index (χ1n) is 4.55. The molecule has 0 bridgehead atoms. The summed E-state index contributed by atoms with van der Waals surface area (Å²) in [5.41, 5.74) is 5.69. The van der Waals surface area contributed by atoms with Crippen molar-refractivity contribution in [3.8, 4) is 0 Å². The van der Waals surface area contributed by atoms with Gasteiger partial charge in [0.05, 0.1) is 12.3 Å². The Bertz CT molecular complexity index is 108. The molecule has 0 aliphatic rings. The molecule has 5 N–H and O–H groups in total. The molecule has 0 fully saturated rings. The molecular weight excluding hydrogens is 154 g/mol. The van der Waals surface area contributed by atoms with E-state index in [1.54, 1.807) is 6.92 Å². The Morgan fingerprint density at radius 1 is 1.25 bits per heavy atom. The molecule has 0 aliphatic heterocycles. The van der Waals surface area contributed by atoms with Gasteiger partial charge < -0.3 is 10.8 Å². The van der Waals surface area contributed by atoms with Crippen molar-refractivity contribution in [1.29, 1.82) is 0 Å². The summed E-state index contributed by atoms with van der Waals surface area (Å²) in [5.74, 6) is 0. The third-order valence-electron chi connectivity index (χ3n) is 1.71. The largest absolute Gasteiger partial charge is 0.379 e. The van der Waals surface area contributed by atoms with Gasteiger partial charge in [-0.2, -0.15) is 0 Å². The molecule has 0 radical (unpaired) electrons. The van der Waals surface area contributed by atoms with Crippen molar-refractivity contribution in [2.45, 2.75) is 52.2 Å². The maximum atomic E-state index is 9.05. The highest BCUT2D eigenvalue weighted by molar-refractivity contribution is 4.66. The van der Waals surface area contributed by atoms with Crippen molar-refractivity contribution in [1.82, 2.24) is 10.6 Å². The van der Waals surface area contributed by atoms with E-state index in [4.69, 9.17) is 10.8 Å². The lowest BCUT2D eigenvalue weighted by molar-refractivity contribution is 0.127. The standard InChI is InChI=1S/C8H21N3O/c1-4-7(9)11-8(5-2)10-6(3)12/h6-8,10-12H,4-5,9H2,1-3H3. The summed E-state index contributed by atoms with van der Waals surface area (Å²) in [6.07, 6.45) is 1.39. The second kappa shape index (κ2) is 6.37. The summed E-state index contributed by atoms with van der Waals surface area (Å²) in [6, 6.07) is 0. The zero-order valence-corrected chi connectivity index (χ0v) is 8.17. The second-order valence-corrected chi connectivity index (χ2v) is 2.98. The van der Waals surface area contributed by atoms with Crippen LogP contribution in [0.15, 0.2) is 0 Å². The van der Waals surface area contributed by atoms with E-state index in [9.17, 15) is 0 Å². The zero-order chi connectivity index (χ0) is 9.56. The smallest absolute Gasteiger partial charge is 0.103 e. The molecule has 4 heteroatoms. The molecule has 0 aliphatic carbocycles. The summed E-state index contributed by atoms with van der Waals surface area (Å²) < 4.78 is 0. The highest BCUT2D eigenvalue weighted by Gasteiger charge is 2.09. The minimum atomic E-state index is -0.494. The number of hydrogen-bond acceptors (Lipinski definition) is 4. The number of aliphatic hydroxyl groups excluding tert-OH is 1. The Morgan fingerprint density at radius 3 is 2.17 bits per heavy atom. The lowest BCUT2D eigenvalue weighted by atomic mass is 10.3. The van der Waals surface area contributed by atoms with E-state index in [0.29, 0.717) is 0 Å². The molecule has 0 aromatic rings. The van der Waals surface area contributed by atoms with E-state index in [0.717, 1.165) is 12.8 Å². The molecule has 0 spiro atoms. The first-order valence-corrected chi connectivity index (χ1v) is 4.55. The van der Waals surface area contributed by atoms with Gasteiger partial charge in [-0.1, -0.05) is 13.8 Å². The minimum Gasteiger partial charge on any atom is -0.379 e. The average molecular weight is 175 g/mol. The Balaban J connectivity index is 3.66. The summed E-state index contributed by atoms with van der Waals surface area (Å²) in [5, 5.41) is 15.2. The third kappa shape index (κ3) is 5.49. The van der Waals surface area contributed by atoms with Gasteiger partial charge in [0, 0.05) is 0 Å². The van der Waals surface area contributed by atoms with Gasteiger partial charge in [-0.3, -0.25) is 10.6 Å². The van der Waals surface area contributed by atoms with Crippen LogP contribution in [0.2, 0.25) is 0 Å². The first kappa shape index (κ1) is 11.8. The maximum absolute atomic E-state index is 9.05. The van der Waals surface area contributed by atoms with Crippen molar-refractivity contribution in [3.05, 3.63) is 0 Å². The molecule has 4 nitrogen and oxygen atoms in total. The van der Waals surface area contributed by atoms with Gasteiger partial charge in [-0.25, -0.2) is 0 Å². The van der Waals surface area contributed by atoms with Crippen LogP contribution in [0.4, 0.5) is 0 Å². The molecule has 0 heterocycles. The van der Waals surface area contributed by atoms with Crippen molar-refractivity contribution in [3.63, 3.8) is 0 Å². The normalized spacial score (nSPS) is 18.8. The molecule has 3 atom stereocenters. The fourth-order valence-electron chi connectivity index (χ4n) is 0.951. The molecule has 0 rings (SSSR count). The van der Waals surface area contributed by atoms with Gasteiger partial charge in [0.15, 0.2) is 0 Å². The lowest BCUT2D eigenvalue weighted by Crippen LogP contribution is -2.52. The van der Waals surface area contributed by atoms with Crippen molar-refractivity contribution < 1.29 is 5.11 Å². The van der Waals surface area contributed by atoms with Crippen molar-refractivity contribution in [2.24, 2.45) is 5.73 Å². The van der Waals surface area contributed by atoms with Crippen LogP contribution in [-0.4, -0.2) is 23.7 Å². The topological polar surface area (TPSA) is 70.3 Å². The molecule has 74 valence electrons. The third-order valence-corrected chi connectivity index (χ3v) is 1.71. The lowest BCUT2D eigenvalue weighted by Gasteiger charge is -2.23. The molecule has 0 saturated heterocycles. The number of rotatable bonds is 6. The maximum Gasteiger partial charge on any atom is 0.103 e. The molecule has 0 amide bonds.